The van der Waals surface area contributed by atoms with Gasteiger partial charge in [0.2, 0.25) is 0 Å². The topological polar surface area (TPSA) is 59.3 Å². The number of nitrogens with zero attached hydrogens (tertiary/aromatic N) is 3. The Kier molecular flexibility index (Phi) is 4.38. The molecule has 0 spiro atoms. The van der Waals surface area contributed by atoms with E-state index in [0.717, 1.165) is 16.8 Å². The summed E-state index contributed by atoms with van der Waals surface area (Å²) in [5, 5.41) is 7.85. The second-order valence-corrected chi connectivity index (χ2v) is 6.84. The number of anilines is 1. The molecule has 0 bridgehead atoms. The van der Waals surface area contributed by atoms with Crippen LogP contribution in [-0.4, -0.2) is 20.5 Å². The number of carbonyl (C=O) groups is 1. The number of nitrogens with one attached hydrogen (secondary N) is 1. The first-order valence-corrected chi connectivity index (χ1v) is 8.88. The van der Waals surface area contributed by atoms with Gasteiger partial charge in [-0.25, -0.2) is 9.50 Å². The van der Waals surface area contributed by atoms with E-state index in [4.69, 9.17) is 11.6 Å². The number of aryl methyl sites for hydroxylation is 2. The lowest BCUT2D eigenvalue weighted by atomic mass is 10.1. The molecule has 1 N–H and O–H groups in total. The third-order valence-electron chi connectivity index (χ3n) is 4.44. The van der Waals surface area contributed by atoms with E-state index in [1.807, 2.05) is 50.2 Å². The van der Waals surface area contributed by atoms with Gasteiger partial charge in [-0.3, -0.25) is 4.79 Å². The second kappa shape index (κ2) is 6.85. The summed E-state index contributed by atoms with van der Waals surface area (Å²) in [4.78, 5) is 17.2. The van der Waals surface area contributed by atoms with Gasteiger partial charge in [0.05, 0.1) is 11.9 Å². The fraction of sp³-hybridized carbons (Fsp3) is 0.0952. The lowest BCUT2D eigenvalue weighted by molar-refractivity contribution is 0.102. The van der Waals surface area contributed by atoms with E-state index in [1.165, 1.54) is 11.8 Å². The molecular formula is C21H17ClN4O. The van der Waals surface area contributed by atoms with Crippen molar-refractivity contribution in [1.29, 1.82) is 0 Å². The molecule has 0 atom stereocenters. The molecule has 0 aliphatic rings. The third-order valence-corrected chi connectivity index (χ3v) is 4.68. The minimum absolute atomic E-state index is 0.274. The summed E-state index contributed by atoms with van der Waals surface area (Å²) in [5.74, 6) is -0.274. The number of hydrogen-bond acceptors (Lipinski definition) is 3. The van der Waals surface area contributed by atoms with Crippen molar-refractivity contribution in [3.63, 3.8) is 0 Å². The van der Waals surface area contributed by atoms with Gasteiger partial charge in [-0.1, -0.05) is 47.5 Å². The van der Waals surface area contributed by atoms with Crippen LogP contribution in [0.5, 0.6) is 0 Å². The van der Waals surface area contributed by atoms with Crippen molar-refractivity contribution >= 4 is 28.8 Å². The number of hydrogen-bond donors (Lipinski definition) is 1. The van der Waals surface area contributed by atoms with Gasteiger partial charge in [0.15, 0.2) is 5.65 Å². The summed E-state index contributed by atoms with van der Waals surface area (Å²) in [6.07, 6.45) is 3.23. The Balaban J connectivity index is 1.73. The summed E-state index contributed by atoms with van der Waals surface area (Å²) in [7, 11) is 0. The number of rotatable bonds is 3. The molecule has 4 aromatic rings. The molecule has 2 aromatic heterocycles. The molecule has 0 saturated carbocycles. The molecular weight excluding hydrogens is 360 g/mol. The number of benzene rings is 2. The van der Waals surface area contributed by atoms with Crippen molar-refractivity contribution in [2.75, 3.05) is 5.32 Å². The molecule has 2 aromatic carbocycles. The Bertz CT molecular complexity index is 1150. The molecule has 0 aliphatic heterocycles. The Labute approximate surface area is 161 Å². The fourth-order valence-corrected chi connectivity index (χ4v) is 3.09. The van der Waals surface area contributed by atoms with Gasteiger partial charge >= 0.3 is 0 Å². The molecule has 0 fully saturated rings. The Morgan fingerprint density at radius 1 is 1.07 bits per heavy atom. The molecule has 6 heteroatoms. The van der Waals surface area contributed by atoms with E-state index in [0.29, 0.717) is 21.9 Å². The van der Waals surface area contributed by atoms with Gasteiger partial charge in [-0.15, -0.1) is 0 Å². The van der Waals surface area contributed by atoms with Crippen molar-refractivity contribution in [1.82, 2.24) is 14.6 Å². The molecule has 0 aliphatic carbocycles. The third kappa shape index (κ3) is 3.29. The first kappa shape index (κ1) is 17.2. The number of aromatic nitrogens is 3. The Morgan fingerprint density at radius 3 is 2.63 bits per heavy atom. The first-order chi connectivity index (χ1) is 13.0. The van der Waals surface area contributed by atoms with Crippen molar-refractivity contribution in [3.8, 4) is 11.3 Å². The van der Waals surface area contributed by atoms with Gasteiger partial charge < -0.3 is 5.32 Å². The van der Waals surface area contributed by atoms with Gasteiger partial charge in [-0.2, -0.15) is 5.10 Å². The number of halogens is 1. The van der Waals surface area contributed by atoms with E-state index in [-0.39, 0.29) is 5.91 Å². The average Bonchev–Trinajstić information content (AvgIpc) is 3.10. The molecule has 0 saturated heterocycles. The minimum Gasteiger partial charge on any atom is -0.322 e. The van der Waals surface area contributed by atoms with Crippen LogP contribution < -0.4 is 5.32 Å². The van der Waals surface area contributed by atoms with Crippen LogP contribution in [0.3, 0.4) is 0 Å². The van der Waals surface area contributed by atoms with Crippen LogP contribution in [0.15, 0.2) is 60.9 Å². The van der Waals surface area contributed by atoms with Crippen molar-refractivity contribution in [2.45, 2.75) is 13.8 Å². The summed E-state index contributed by atoms with van der Waals surface area (Å²) in [5.41, 5.74) is 5.57. The van der Waals surface area contributed by atoms with E-state index in [2.05, 4.69) is 15.4 Å². The quantitative estimate of drug-likeness (QED) is 0.552. The Morgan fingerprint density at radius 2 is 1.85 bits per heavy atom. The molecule has 27 heavy (non-hydrogen) atoms. The number of amides is 1. The Hall–Kier alpha value is -3.18. The molecule has 5 nitrogen and oxygen atoms in total. The summed E-state index contributed by atoms with van der Waals surface area (Å²) in [6, 6.07) is 15.4. The standard InChI is InChI=1S/C21H17ClN4O/c1-13-3-6-15(7-4-13)19-9-10-23-20-17(12-24-26(19)20)21(27)25-18-11-16(22)8-5-14(18)2/h3-12H,1-2H3,(H,25,27). The van der Waals surface area contributed by atoms with Gasteiger partial charge in [0.25, 0.3) is 5.91 Å². The predicted octanol–water partition coefficient (Wildman–Crippen LogP) is 4.92. The highest BCUT2D eigenvalue weighted by Crippen LogP contribution is 2.24. The largest absolute Gasteiger partial charge is 0.322 e. The molecule has 0 radical (unpaired) electrons. The highest BCUT2D eigenvalue weighted by atomic mass is 35.5. The van der Waals surface area contributed by atoms with Crippen LogP contribution in [0.2, 0.25) is 5.02 Å². The SMILES string of the molecule is Cc1ccc(-c2ccnc3c(C(=O)Nc4cc(Cl)ccc4C)cnn23)cc1. The van der Waals surface area contributed by atoms with E-state index in [9.17, 15) is 4.79 Å². The highest BCUT2D eigenvalue weighted by Gasteiger charge is 2.17. The smallest absolute Gasteiger partial charge is 0.261 e. The summed E-state index contributed by atoms with van der Waals surface area (Å²) < 4.78 is 1.68. The zero-order valence-corrected chi connectivity index (χ0v) is 15.7. The monoisotopic (exact) mass is 376 g/mol. The van der Waals surface area contributed by atoms with Crippen molar-refractivity contribution in [3.05, 3.63) is 82.6 Å². The second-order valence-electron chi connectivity index (χ2n) is 6.40. The predicted molar refractivity (Wildman–Crippen MR) is 107 cm³/mol. The van der Waals surface area contributed by atoms with Crippen LogP contribution >= 0.6 is 11.6 Å². The first-order valence-electron chi connectivity index (χ1n) is 8.50. The van der Waals surface area contributed by atoms with E-state index < -0.39 is 0 Å². The van der Waals surface area contributed by atoms with Gasteiger partial charge in [0, 0.05) is 22.5 Å². The fourth-order valence-electron chi connectivity index (χ4n) is 2.91. The van der Waals surface area contributed by atoms with E-state index >= 15 is 0 Å². The zero-order chi connectivity index (χ0) is 19.0. The van der Waals surface area contributed by atoms with Crippen LogP contribution in [0, 0.1) is 13.8 Å². The van der Waals surface area contributed by atoms with E-state index in [1.54, 1.807) is 22.8 Å². The lowest BCUT2D eigenvalue weighted by Gasteiger charge is -2.08. The molecule has 2 heterocycles. The normalized spacial score (nSPS) is 10.9. The van der Waals surface area contributed by atoms with Crippen LogP contribution in [-0.2, 0) is 0 Å². The zero-order valence-electron chi connectivity index (χ0n) is 14.9. The maximum Gasteiger partial charge on any atom is 0.261 e. The molecule has 4 rings (SSSR count). The number of fused-ring (bicyclic) bond motifs is 1. The summed E-state index contributed by atoms with van der Waals surface area (Å²) in [6.45, 7) is 3.95. The van der Waals surface area contributed by atoms with Gasteiger partial charge in [-0.05, 0) is 37.6 Å². The molecule has 134 valence electrons. The van der Waals surface area contributed by atoms with Gasteiger partial charge in [0.1, 0.15) is 5.56 Å². The molecule has 1 amide bonds. The van der Waals surface area contributed by atoms with Crippen LogP contribution in [0.4, 0.5) is 5.69 Å². The summed E-state index contributed by atoms with van der Waals surface area (Å²) >= 11 is 6.04. The average molecular weight is 377 g/mol. The maximum atomic E-state index is 12.8. The number of carbonyl (C=O) groups excluding carboxylic acids is 1. The van der Waals surface area contributed by atoms with Crippen LogP contribution in [0.25, 0.3) is 16.9 Å². The minimum atomic E-state index is -0.274. The lowest BCUT2D eigenvalue weighted by Crippen LogP contribution is -2.13. The highest BCUT2D eigenvalue weighted by molar-refractivity contribution is 6.31. The van der Waals surface area contributed by atoms with Crippen LogP contribution in [0.1, 0.15) is 21.5 Å². The van der Waals surface area contributed by atoms with Crippen molar-refractivity contribution in [2.24, 2.45) is 0 Å². The molecule has 0 unspecified atom stereocenters. The van der Waals surface area contributed by atoms with Crippen molar-refractivity contribution < 1.29 is 4.79 Å². The maximum absolute atomic E-state index is 12.8.